The van der Waals surface area contributed by atoms with Crippen LogP contribution in [-0.4, -0.2) is 42.2 Å². The number of para-hydroxylation sites is 1. The van der Waals surface area contributed by atoms with Crippen molar-refractivity contribution >= 4 is 5.91 Å². The van der Waals surface area contributed by atoms with Crippen molar-refractivity contribution in [3.63, 3.8) is 0 Å². The maximum Gasteiger partial charge on any atom is 0.229 e. The van der Waals surface area contributed by atoms with Gasteiger partial charge in [-0.15, -0.1) is 0 Å². The van der Waals surface area contributed by atoms with Crippen molar-refractivity contribution in [1.29, 1.82) is 0 Å². The van der Waals surface area contributed by atoms with Crippen LogP contribution < -0.4 is 4.74 Å². The predicted octanol–water partition coefficient (Wildman–Crippen LogP) is 1.08. The SMILES string of the molecule is CCN(CCO)C(=O)C1COc2ccccc2C1. The van der Waals surface area contributed by atoms with Crippen LogP contribution in [0.5, 0.6) is 5.75 Å². The normalized spacial score (nSPS) is 17.8. The number of nitrogens with zero attached hydrogens (tertiary/aromatic N) is 1. The molecule has 0 fully saturated rings. The minimum atomic E-state index is -0.133. The Labute approximate surface area is 107 Å². The first kappa shape index (κ1) is 12.9. The van der Waals surface area contributed by atoms with Gasteiger partial charge in [0.25, 0.3) is 0 Å². The van der Waals surface area contributed by atoms with Crippen LogP contribution in [-0.2, 0) is 11.2 Å². The van der Waals surface area contributed by atoms with E-state index in [4.69, 9.17) is 9.84 Å². The van der Waals surface area contributed by atoms with Gasteiger partial charge in [0.05, 0.1) is 12.5 Å². The first-order chi connectivity index (χ1) is 8.76. The van der Waals surface area contributed by atoms with Gasteiger partial charge in [0.2, 0.25) is 5.91 Å². The molecule has 0 bridgehead atoms. The van der Waals surface area contributed by atoms with Gasteiger partial charge in [0.15, 0.2) is 0 Å². The molecular weight excluding hydrogens is 230 g/mol. The third-order valence-corrected chi connectivity index (χ3v) is 3.29. The maximum atomic E-state index is 12.3. The fourth-order valence-corrected chi connectivity index (χ4v) is 2.29. The summed E-state index contributed by atoms with van der Waals surface area (Å²) in [6.45, 7) is 3.37. The lowest BCUT2D eigenvalue weighted by Gasteiger charge is -2.29. The van der Waals surface area contributed by atoms with E-state index in [1.165, 1.54) is 0 Å². The van der Waals surface area contributed by atoms with Gasteiger partial charge in [-0.2, -0.15) is 0 Å². The van der Waals surface area contributed by atoms with Crippen LogP contribution in [0.1, 0.15) is 12.5 Å². The molecule has 4 heteroatoms. The number of hydrogen-bond donors (Lipinski definition) is 1. The molecular formula is C14H19NO3. The highest BCUT2D eigenvalue weighted by Gasteiger charge is 2.28. The zero-order valence-electron chi connectivity index (χ0n) is 10.6. The Balaban J connectivity index is 2.06. The molecule has 1 aromatic rings. The Morgan fingerprint density at radius 3 is 3.00 bits per heavy atom. The van der Waals surface area contributed by atoms with E-state index in [-0.39, 0.29) is 18.4 Å². The van der Waals surface area contributed by atoms with Gasteiger partial charge < -0.3 is 14.7 Å². The first-order valence-electron chi connectivity index (χ1n) is 6.36. The molecule has 0 aliphatic carbocycles. The number of carbonyl (C=O) groups excluding carboxylic acids is 1. The Morgan fingerprint density at radius 2 is 2.28 bits per heavy atom. The van der Waals surface area contributed by atoms with E-state index in [1.807, 2.05) is 31.2 Å². The highest BCUT2D eigenvalue weighted by Crippen LogP contribution is 2.27. The first-order valence-corrected chi connectivity index (χ1v) is 6.36. The number of hydrogen-bond acceptors (Lipinski definition) is 3. The van der Waals surface area contributed by atoms with Gasteiger partial charge in [0.1, 0.15) is 12.4 Å². The summed E-state index contributed by atoms with van der Waals surface area (Å²) in [5.74, 6) is 0.819. The lowest BCUT2D eigenvalue weighted by molar-refractivity contribution is -0.137. The molecule has 0 saturated carbocycles. The van der Waals surface area contributed by atoms with Crippen LogP contribution in [0.4, 0.5) is 0 Å². The lowest BCUT2D eigenvalue weighted by Crippen LogP contribution is -2.42. The molecule has 0 spiro atoms. The fraction of sp³-hybridized carbons (Fsp3) is 0.500. The number of amides is 1. The summed E-state index contributed by atoms with van der Waals surface area (Å²) in [7, 11) is 0. The summed E-state index contributed by atoms with van der Waals surface area (Å²) in [6.07, 6.45) is 0.719. The number of fused-ring (bicyclic) bond motifs is 1. The number of benzene rings is 1. The minimum Gasteiger partial charge on any atom is -0.492 e. The van der Waals surface area contributed by atoms with E-state index in [1.54, 1.807) is 4.90 Å². The number of carbonyl (C=O) groups is 1. The smallest absolute Gasteiger partial charge is 0.229 e. The van der Waals surface area contributed by atoms with E-state index in [0.717, 1.165) is 17.7 Å². The average Bonchev–Trinajstić information content (AvgIpc) is 2.43. The van der Waals surface area contributed by atoms with E-state index in [9.17, 15) is 4.79 Å². The Morgan fingerprint density at radius 1 is 1.50 bits per heavy atom. The monoisotopic (exact) mass is 249 g/mol. The van der Waals surface area contributed by atoms with Gasteiger partial charge in [-0.3, -0.25) is 4.79 Å². The largest absolute Gasteiger partial charge is 0.492 e. The number of aliphatic hydroxyl groups is 1. The molecule has 1 aromatic carbocycles. The van der Waals surface area contributed by atoms with Gasteiger partial charge in [0, 0.05) is 13.1 Å². The highest BCUT2D eigenvalue weighted by atomic mass is 16.5. The van der Waals surface area contributed by atoms with Crippen molar-refractivity contribution in [1.82, 2.24) is 4.90 Å². The molecule has 18 heavy (non-hydrogen) atoms. The number of aliphatic hydroxyl groups excluding tert-OH is 1. The molecule has 1 unspecified atom stereocenters. The van der Waals surface area contributed by atoms with Crippen LogP contribution in [0.25, 0.3) is 0 Å². The zero-order chi connectivity index (χ0) is 13.0. The minimum absolute atomic E-state index is 0.00371. The summed E-state index contributed by atoms with van der Waals surface area (Å²) in [6, 6.07) is 7.82. The molecule has 1 aliphatic heterocycles. The summed E-state index contributed by atoms with van der Waals surface area (Å²) in [4.78, 5) is 13.9. The average molecular weight is 249 g/mol. The van der Waals surface area contributed by atoms with Crippen LogP contribution in [0.15, 0.2) is 24.3 Å². The molecule has 98 valence electrons. The van der Waals surface area contributed by atoms with E-state index in [0.29, 0.717) is 19.7 Å². The lowest BCUT2D eigenvalue weighted by atomic mass is 9.95. The molecule has 1 heterocycles. The second kappa shape index (κ2) is 5.87. The summed E-state index contributed by atoms with van der Waals surface area (Å²) < 4.78 is 5.62. The topological polar surface area (TPSA) is 49.8 Å². The van der Waals surface area contributed by atoms with Crippen LogP contribution in [0.2, 0.25) is 0 Å². The Hall–Kier alpha value is -1.55. The molecule has 4 nitrogen and oxygen atoms in total. The van der Waals surface area contributed by atoms with Gasteiger partial charge in [-0.1, -0.05) is 18.2 Å². The van der Waals surface area contributed by atoms with Gasteiger partial charge >= 0.3 is 0 Å². The van der Waals surface area contributed by atoms with Gasteiger partial charge in [-0.05, 0) is 25.0 Å². The van der Waals surface area contributed by atoms with Crippen LogP contribution >= 0.6 is 0 Å². The fourth-order valence-electron chi connectivity index (χ4n) is 2.29. The summed E-state index contributed by atoms with van der Waals surface area (Å²) >= 11 is 0. The van der Waals surface area contributed by atoms with Crippen molar-refractivity contribution in [2.75, 3.05) is 26.3 Å². The molecule has 0 aromatic heterocycles. The molecule has 0 saturated heterocycles. The van der Waals surface area contributed by atoms with Crippen molar-refractivity contribution in [3.05, 3.63) is 29.8 Å². The van der Waals surface area contributed by atoms with Crippen molar-refractivity contribution in [2.24, 2.45) is 5.92 Å². The van der Waals surface area contributed by atoms with E-state index >= 15 is 0 Å². The van der Waals surface area contributed by atoms with E-state index in [2.05, 4.69) is 0 Å². The third kappa shape index (κ3) is 2.64. The van der Waals surface area contributed by atoms with Crippen molar-refractivity contribution in [3.8, 4) is 5.75 Å². The predicted molar refractivity (Wildman–Crippen MR) is 68.5 cm³/mol. The van der Waals surface area contributed by atoms with Gasteiger partial charge in [-0.25, -0.2) is 0 Å². The maximum absolute atomic E-state index is 12.3. The molecule has 0 radical (unpaired) electrons. The second-order valence-electron chi connectivity index (χ2n) is 4.46. The summed E-state index contributed by atoms with van der Waals surface area (Å²) in [5, 5.41) is 8.95. The number of ether oxygens (including phenoxy) is 1. The van der Waals surface area contributed by atoms with Crippen molar-refractivity contribution in [2.45, 2.75) is 13.3 Å². The second-order valence-corrected chi connectivity index (χ2v) is 4.46. The molecule has 1 amide bonds. The Bertz CT molecular complexity index is 419. The van der Waals surface area contributed by atoms with E-state index < -0.39 is 0 Å². The molecule has 2 rings (SSSR count). The number of likely N-dealkylation sites (N-methyl/N-ethyl adjacent to an activating group) is 1. The molecule has 1 aliphatic rings. The quantitative estimate of drug-likeness (QED) is 0.868. The molecule has 1 atom stereocenters. The van der Waals surface area contributed by atoms with Crippen LogP contribution in [0, 0.1) is 5.92 Å². The standard InChI is InChI=1S/C14H19NO3/c1-2-15(7-8-16)14(17)12-9-11-5-3-4-6-13(11)18-10-12/h3-6,12,16H,2,7-10H2,1H3. The zero-order valence-corrected chi connectivity index (χ0v) is 10.6. The third-order valence-electron chi connectivity index (χ3n) is 3.29. The number of rotatable bonds is 4. The molecule has 1 N–H and O–H groups in total. The van der Waals surface area contributed by atoms with Crippen molar-refractivity contribution < 1.29 is 14.6 Å². The highest BCUT2D eigenvalue weighted by molar-refractivity contribution is 5.79. The summed E-state index contributed by atoms with van der Waals surface area (Å²) in [5.41, 5.74) is 1.09. The van der Waals surface area contributed by atoms with Crippen LogP contribution in [0.3, 0.4) is 0 Å². The Kier molecular flexibility index (Phi) is 4.20.